The predicted molar refractivity (Wildman–Crippen MR) is 88.4 cm³/mol. The molecule has 2 aromatic rings. The smallest absolute Gasteiger partial charge is 0.281 e. The predicted octanol–water partition coefficient (Wildman–Crippen LogP) is 2.92. The first kappa shape index (κ1) is 15.0. The van der Waals surface area contributed by atoms with Crippen LogP contribution < -0.4 is 10.0 Å². The lowest BCUT2D eigenvalue weighted by atomic mass is 10.3. The van der Waals surface area contributed by atoms with Crippen molar-refractivity contribution in [1.82, 2.24) is 4.98 Å². The number of anilines is 2. The summed E-state index contributed by atoms with van der Waals surface area (Å²) in [6.07, 6.45) is 1.46. The minimum Gasteiger partial charge on any atom is -0.383 e. The molecule has 0 aliphatic heterocycles. The van der Waals surface area contributed by atoms with E-state index in [9.17, 15) is 8.42 Å². The number of para-hydroxylation sites is 1. The van der Waals surface area contributed by atoms with Crippen LogP contribution in [-0.4, -0.2) is 19.9 Å². The van der Waals surface area contributed by atoms with Gasteiger partial charge in [-0.15, -0.1) is 0 Å². The number of halogens is 1. The van der Waals surface area contributed by atoms with Gasteiger partial charge in [-0.05, 0) is 53.8 Å². The van der Waals surface area contributed by atoms with Gasteiger partial charge < -0.3 is 5.32 Å². The highest BCUT2D eigenvalue weighted by molar-refractivity contribution is 14.1. The number of nitrogens with zero attached hydrogens (tertiary/aromatic N) is 1. The zero-order chi connectivity index (χ0) is 14.6. The van der Waals surface area contributed by atoms with Crippen molar-refractivity contribution in [3.8, 4) is 0 Å². The minimum absolute atomic E-state index is 0.00139. The molecule has 0 radical (unpaired) electrons. The van der Waals surface area contributed by atoms with E-state index in [1.807, 2.05) is 19.1 Å². The molecule has 1 aromatic carbocycles. The number of rotatable bonds is 5. The highest BCUT2D eigenvalue weighted by Gasteiger charge is 2.20. The van der Waals surface area contributed by atoms with E-state index in [0.717, 1.165) is 3.57 Å². The molecule has 0 spiro atoms. The van der Waals surface area contributed by atoms with Crippen LogP contribution in [0.2, 0.25) is 0 Å². The first-order valence-electron chi connectivity index (χ1n) is 6.01. The summed E-state index contributed by atoms with van der Waals surface area (Å²) >= 11 is 2.08. The van der Waals surface area contributed by atoms with Gasteiger partial charge in [-0.25, -0.2) is 4.98 Å². The standard InChI is InChI=1S/C13H14IN3O2S/c1-2-15-12-8-5-9-16-13(12)20(18,19)17-11-7-4-3-6-10(11)14/h3-9,15,17H,2H2,1H3. The number of benzene rings is 1. The van der Waals surface area contributed by atoms with E-state index >= 15 is 0 Å². The van der Waals surface area contributed by atoms with Gasteiger partial charge in [-0.3, -0.25) is 4.72 Å². The molecule has 5 nitrogen and oxygen atoms in total. The lowest BCUT2D eigenvalue weighted by Gasteiger charge is -2.12. The lowest BCUT2D eigenvalue weighted by Crippen LogP contribution is -2.17. The molecule has 20 heavy (non-hydrogen) atoms. The number of aromatic nitrogens is 1. The van der Waals surface area contributed by atoms with Crippen LogP contribution in [-0.2, 0) is 10.0 Å². The summed E-state index contributed by atoms with van der Waals surface area (Å²) in [6.45, 7) is 2.52. The molecule has 0 atom stereocenters. The second-order valence-corrected chi connectivity index (χ2v) is 6.73. The fourth-order valence-electron chi connectivity index (χ4n) is 1.67. The second-order valence-electron chi connectivity index (χ2n) is 3.97. The van der Waals surface area contributed by atoms with Crippen LogP contribution in [0.15, 0.2) is 47.6 Å². The molecule has 2 rings (SSSR count). The van der Waals surface area contributed by atoms with Gasteiger partial charge in [0.05, 0.1) is 11.4 Å². The van der Waals surface area contributed by atoms with Gasteiger partial charge >= 0.3 is 0 Å². The number of nitrogens with one attached hydrogen (secondary N) is 2. The maximum Gasteiger partial charge on any atom is 0.281 e. The largest absolute Gasteiger partial charge is 0.383 e. The quantitative estimate of drug-likeness (QED) is 0.754. The van der Waals surface area contributed by atoms with Crippen LogP contribution in [0.25, 0.3) is 0 Å². The van der Waals surface area contributed by atoms with Crippen molar-refractivity contribution in [2.24, 2.45) is 0 Å². The zero-order valence-corrected chi connectivity index (χ0v) is 13.8. The Morgan fingerprint density at radius 1 is 1.15 bits per heavy atom. The summed E-state index contributed by atoms with van der Waals surface area (Å²) in [5, 5.41) is 3.00. The van der Waals surface area contributed by atoms with Gasteiger partial charge in [-0.2, -0.15) is 8.42 Å². The third-order valence-corrected chi connectivity index (χ3v) is 4.77. The van der Waals surface area contributed by atoms with E-state index in [4.69, 9.17) is 0 Å². The van der Waals surface area contributed by atoms with Gasteiger partial charge in [0.1, 0.15) is 0 Å². The number of sulfonamides is 1. The molecule has 0 saturated heterocycles. The molecule has 7 heteroatoms. The minimum atomic E-state index is -3.72. The molecule has 1 aromatic heterocycles. The third-order valence-electron chi connectivity index (χ3n) is 2.51. The molecule has 1 heterocycles. The van der Waals surface area contributed by atoms with Gasteiger partial charge in [0, 0.05) is 16.3 Å². The van der Waals surface area contributed by atoms with E-state index in [-0.39, 0.29) is 5.03 Å². The van der Waals surface area contributed by atoms with Crippen molar-refractivity contribution >= 4 is 44.0 Å². The Kier molecular flexibility index (Phi) is 4.81. The van der Waals surface area contributed by atoms with E-state index in [0.29, 0.717) is 17.9 Å². The van der Waals surface area contributed by atoms with Gasteiger partial charge in [-0.1, -0.05) is 12.1 Å². The maximum absolute atomic E-state index is 12.4. The number of hydrogen-bond acceptors (Lipinski definition) is 4. The number of pyridine rings is 1. The Bertz CT molecular complexity index is 704. The Morgan fingerprint density at radius 2 is 1.85 bits per heavy atom. The topological polar surface area (TPSA) is 71.1 Å². The summed E-state index contributed by atoms with van der Waals surface area (Å²) in [5.41, 5.74) is 1.04. The zero-order valence-electron chi connectivity index (χ0n) is 10.8. The molecule has 0 amide bonds. The van der Waals surface area contributed by atoms with E-state index in [1.54, 1.807) is 24.3 Å². The molecular formula is C13H14IN3O2S. The van der Waals surface area contributed by atoms with E-state index in [1.165, 1.54) is 6.20 Å². The van der Waals surface area contributed by atoms with Crippen molar-refractivity contribution in [2.75, 3.05) is 16.6 Å². The van der Waals surface area contributed by atoms with Crippen molar-refractivity contribution in [1.29, 1.82) is 0 Å². The van der Waals surface area contributed by atoms with Gasteiger partial charge in [0.2, 0.25) is 0 Å². The molecule has 0 aliphatic carbocycles. The van der Waals surface area contributed by atoms with Crippen molar-refractivity contribution < 1.29 is 8.42 Å². The van der Waals surface area contributed by atoms with E-state index in [2.05, 4.69) is 37.6 Å². The average molecular weight is 403 g/mol. The molecule has 2 N–H and O–H groups in total. The van der Waals surface area contributed by atoms with Crippen LogP contribution >= 0.6 is 22.6 Å². The van der Waals surface area contributed by atoms with Crippen LogP contribution in [0.4, 0.5) is 11.4 Å². The number of hydrogen-bond donors (Lipinski definition) is 2. The Hall–Kier alpha value is -1.35. The van der Waals surface area contributed by atoms with Gasteiger partial charge in [0.15, 0.2) is 5.03 Å². The summed E-state index contributed by atoms with van der Waals surface area (Å²) in [5.74, 6) is 0. The average Bonchev–Trinajstić information content (AvgIpc) is 2.42. The first-order chi connectivity index (χ1) is 9.54. The molecule has 0 aliphatic rings. The Balaban J connectivity index is 2.39. The van der Waals surface area contributed by atoms with E-state index < -0.39 is 10.0 Å². The highest BCUT2D eigenvalue weighted by Crippen LogP contribution is 2.24. The summed E-state index contributed by atoms with van der Waals surface area (Å²) < 4.78 is 28.3. The van der Waals surface area contributed by atoms with Crippen molar-refractivity contribution in [3.63, 3.8) is 0 Å². The monoisotopic (exact) mass is 403 g/mol. The second kappa shape index (κ2) is 6.40. The highest BCUT2D eigenvalue weighted by atomic mass is 127. The summed E-state index contributed by atoms with van der Waals surface area (Å²) in [4.78, 5) is 3.98. The van der Waals surface area contributed by atoms with Crippen LogP contribution in [0, 0.1) is 3.57 Å². The first-order valence-corrected chi connectivity index (χ1v) is 8.57. The van der Waals surface area contributed by atoms with Crippen molar-refractivity contribution in [3.05, 3.63) is 46.2 Å². The molecular weight excluding hydrogens is 389 g/mol. The molecule has 106 valence electrons. The maximum atomic E-state index is 12.4. The normalized spacial score (nSPS) is 11.1. The molecule has 0 bridgehead atoms. The third kappa shape index (κ3) is 3.40. The summed E-state index contributed by atoms with van der Waals surface area (Å²) in [6, 6.07) is 10.6. The van der Waals surface area contributed by atoms with Gasteiger partial charge in [0.25, 0.3) is 10.0 Å². The Labute approximate surface area is 132 Å². The van der Waals surface area contributed by atoms with Crippen LogP contribution in [0.5, 0.6) is 0 Å². The Morgan fingerprint density at radius 3 is 2.55 bits per heavy atom. The van der Waals surface area contributed by atoms with Crippen molar-refractivity contribution in [2.45, 2.75) is 11.9 Å². The van der Waals surface area contributed by atoms with Crippen LogP contribution in [0.1, 0.15) is 6.92 Å². The molecule has 0 fully saturated rings. The fourth-order valence-corrected chi connectivity index (χ4v) is 3.57. The lowest BCUT2D eigenvalue weighted by molar-refractivity contribution is 0.598. The fraction of sp³-hybridized carbons (Fsp3) is 0.154. The van der Waals surface area contributed by atoms with Crippen LogP contribution in [0.3, 0.4) is 0 Å². The SMILES string of the molecule is CCNc1cccnc1S(=O)(=O)Nc1ccccc1I. The molecule has 0 saturated carbocycles. The summed E-state index contributed by atoms with van der Waals surface area (Å²) in [7, 11) is -3.72. The molecule has 0 unspecified atom stereocenters.